The van der Waals surface area contributed by atoms with Gasteiger partial charge in [0.2, 0.25) is 11.8 Å². The van der Waals surface area contributed by atoms with E-state index in [4.69, 9.17) is 4.11 Å². The zero-order valence-electron chi connectivity index (χ0n) is 12.4. The van der Waals surface area contributed by atoms with Gasteiger partial charge in [-0.25, -0.2) is 0 Å². The van der Waals surface area contributed by atoms with Crippen LogP contribution in [0.4, 0.5) is 0 Å². The van der Waals surface area contributed by atoms with Crippen molar-refractivity contribution in [1.82, 2.24) is 9.88 Å². The Bertz CT molecular complexity index is 502. The number of carbonyl (C=O) groups is 2. The second-order valence-corrected chi connectivity index (χ2v) is 4.08. The van der Waals surface area contributed by atoms with E-state index >= 15 is 0 Å². The van der Waals surface area contributed by atoms with Crippen LogP contribution in [0.25, 0.3) is 0 Å². The minimum atomic E-state index is -2.06. The van der Waals surface area contributed by atoms with Crippen molar-refractivity contribution in [3.05, 3.63) is 30.1 Å². The van der Waals surface area contributed by atoms with Crippen LogP contribution < -0.4 is 0 Å². The summed E-state index contributed by atoms with van der Waals surface area (Å²) in [4.78, 5) is 29.2. The summed E-state index contributed by atoms with van der Waals surface area (Å²) in [5.74, 6) is -1.05. The highest BCUT2D eigenvalue weighted by molar-refractivity contribution is 6.03. The molecule has 17 heavy (non-hydrogen) atoms. The van der Waals surface area contributed by atoms with Crippen LogP contribution in [0.1, 0.15) is 35.9 Å². The van der Waals surface area contributed by atoms with E-state index in [-0.39, 0.29) is 37.6 Å². The predicted molar refractivity (Wildman–Crippen MR) is 62.8 cm³/mol. The van der Waals surface area contributed by atoms with Gasteiger partial charge in [-0.05, 0) is 18.6 Å². The van der Waals surface area contributed by atoms with E-state index in [1.807, 2.05) is 0 Å². The number of rotatable bonds is 4. The van der Waals surface area contributed by atoms with Gasteiger partial charge in [-0.15, -0.1) is 0 Å². The van der Waals surface area contributed by atoms with Crippen molar-refractivity contribution in [3.63, 3.8) is 0 Å². The molecule has 1 aliphatic heterocycles. The normalized spacial score (nSPS) is 23.4. The standard InChI is InChI=1S/C13H16N2O2/c1-2-5-10-8-12(16)15(13(10)17)9-11-6-3-4-7-14-11/h3-4,6-7,10H,2,5,8-9H2,1H3/i1D3. The van der Waals surface area contributed by atoms with E-state index in [0.29, 0.717) is 5.69 Å². The molecule has 2 amide bonds. The van der Waals surface area contributed by atoms with Gasteiger partial charge in [0.15, 0.2) is 0 Å². The molecule has 90 valence electrons. The highest BCUT2D eigenvalue weighted by atomic mass is 16.2. The number of nitrogens with zero attached hydrogens (tertiary/aromatic N) is 2. The van der Waals surface area contributed by atoms with Crippen molar-refractivity contribution in [1.29, 1.82) is 0 Å². The molecule has 2 heterocycles. The highest BCUT2D eigenvalue weighted by Crippen LogP contribution is 2.24. The molecule has 1 aromatic rings. The SMILES string of the molecule is [2H]C([2H])([2H])CCC1CC(=O)N(Cc2ccccn2)C1=O. The maximum absolute atomic E-state index is 12.1. The van der Waals surface area contributed by atoms with Crippen LogP contribution in [0.2, 0.25) is 0 Å². The number of amides is 2. The summed E-state index contributed by atoms with van der Waals surface area (Å²) < 4.78 is 21.5. The second-order valence-electron chi connectivity index (χ2n) is 4.08. The van der Waals surface area contributed by atoms with E-state index in [9.17, 15) is 9.59 Å². The number of hydrogen-bond donors (Lipinski definition) is 0. The topological polar surface area (TPSA) is 50.3 Å². The lowest BCUT2D eigenvalue weighted by atomic mass is 10.0. The molecule has 0 aromatic carbocycles. The van der Waals surface area contributed by atoms with E-state index in [0.717, 1.165) is 0 Å². The summed E-state index contributed by atoms with van der Waals surface area (Å²) in [5.41, 5.74) is 0.644. The molecule has 4 nitrogen and oxygen atoms in total. The lowest BCUT2D eigenvalue weighted by molar-refractivity contribution is -0.140. The zero-order chi connectivity index (χ0) is 14.8. The fraction of sp³-hybridized carbons (Fsp3) is 0.462. The van der Waals surface area contributed by atoms with Gasteiger partial charge in [-0.3, -0.25) is 19.5 Å². The minimum absolute atomic E-state index is 0.0475. The first kappa shape index (κ1) is 8.39. The Kier molecular flexibility index (Phi) is 2.51. The average molecular weight is 235 g/mol. The Morgan fingerprint density at radius 1 is 1.53 bits per heavy atom. The number of pyridine rings is 1. The summed E-state index contributed by atoms with van der Waals surface area (Å²) in [6.45, 7) is -1.90. The Morgan fingerprint density at radius 3 is 3.12 bits per heavy atom. The van der Waals surface area contributed by atoms with E-state index < -0.39 is 12.8 Å². The van der Waals surface area contributed by atoms with Gasteiger partial charge in [0.05, 0.1) is 12.2 Å². The molecule has 0 spiro atoms. The fourth-order valence-electron chi connectivity index (χ4n) is 1.97. The Morgan fingerprint density at radius 2 is 2.41 bits per heavy atom. The molecule has 1 aliphatic rings. The van der Waals surface area contributed by atoms with Crippen molar-refractivity contribution >= 4 is 11.8 Å². The minimum Gasteiger partial charge on any atom is -0.276 e. The third-order valence-corrected chi connectivity index (χ3v) is 2.88. The van der Waals surface area contributed by atoms with Crippen LogP contribution >= 0.6 is 0 Å². The van der Waals surface area contributed by atoms with Gasteiger partial charge < -0.3 is 0 Å². The molecule has 1 fully saturated rings. The Hall–Kier alpha value is -1.71. The average Bonchev–Trinajstić information content (AvgIpc) is 2.64. The van der Waals surface area contributed by atoms with Gasteiger partial charge >= 0.3 is 0 Å². The first-order chi connectivity index (χ1) is 9.37. The lowest BCUT2D eigenvalue weighted by Gasteiger charge is -2.14. The number of imide groups is 1. The quantitative estimate of drug-likeness (QED) is 0.747. The first-order valence-electron chi connectivity index (χ1n) is 7.11. The molecule has 1 unspecified atom stereocenters. The maximum atomic E-state index is 12.1. The van der Waals surface area contributed by atoms with Gasteiger partial charge in [0, 0.05) is 22.6 Å². The van der Waals surface area contributed by atoms with Crippen LogP contribution in [0.5, 0.6) is 0 Å². The summed E-state index contributed by atoms with van der Waals surface area (Å²) in [6.07, 6.45) is 1.88. The highest BCUT2D eigenvalue weighted by Gasteiger charge is 2.37. The predicted octanol–water partition coefficient (Wildman–Crippen LogP) is 1.76. The van der Waals surface area contributed by atoms with Crippen molar-refractivity contribution in [3.8, 4) is 0 Å². The summed E-state index contributed by atoms with van der Waals surface area (Å²) >= 11 is 0. The molecule has 1 atom stereocenters. The maximum Gasteiger partial charge on any atom is 0.233 e. The monoisotopic (exact) mass is 235 g/mol. The van der Waals surface area contributed by atoms with Gasteiger partial charge in [-0.2, -0.15) is 0 Å². The molecule has 0 aliphatic carbocycles. The second kappa shape index (κ2) is 5.08. The lowest BCUT2D eigenvalue weighted by Crippen LogP contribution is -2.30. The van der Waals surface area contributed by atoms with Crippen molar-refractivity contribution < 1.29 is 13.7 Å². The molecular weight excluding hydrogens is 216 g/mol. The molecule has 0 N–H and O–H groups in total. The zero-order valence-corrected chi connectivity index (χ0v) is 9.43. The molecular formula is C13H16N2O2. The van der Waals surface area contributed by atoms with E-state index in [2.05, 4.69) is 4.98 Å². The fourth-order valence-corrected chi connectivity index (χ4v) is 1.97. The Labute approximate surface area is 105 Å². The van der Waals surface area contributed by atoms with Crippen molar-refractivity contribution in [2.45, 2.75) is 32.7 Å². The number of carbonyl (C=O) groups excluding carboxylic acids is 2. The molecule has 2 rings (SSSR count). The van der Waals surface area contributed by atoms with E-state index in [1.54, 1.807) is 24.4 Å². The van der Waals surface area contributed by atoms with Crippen LogP contribution in [-0.4, -0.2) is 21.7 Å². The number of likely N-dealkylation sites (tertiary alicyclic amines) is 1. The van der Waals surface area contributed by atoms with Crippen molar-refractivity contribution in [2.75, 3.05) is 0 Å². The number of hydrogen-bond acceptors (Lipinski definition) is 3. The van der Waals surface area contributed by atoms with Crippen molar-refractivity contribution in [2.24, 2.45) is 5.92 Å². The largest absolute Gasteiger partial charge is 0.276 e. The third kappa shape index (κ3) is 2.52. The van der Waals surface area contributed by atoms with Gasteiger partial charge in [-0.1, -0.05) is 19.3 Å². The summed E-state index contributed by atoms with van der Waals surface area (Å²) in [6, 6.07) is 5.30. The molecule has 1 aromatic heterocycles. The molecule has 0 bridgehead atoms. The molecule has 0 radical (unpaired) electrons. The first-order valence-corrected chi connectivity index (χ1v) is 5.61. The summed E-state index contributed by atoms with van der Waals surface area (Å²) in [5, 5.41) is 0. The van der Waals surface area contributed by atoms with Crippen LogP contribution in [0.3, 0.4) is 0 Å². The molecule has 0 saturated carbocycles. The van der Waals surface area contributed by atoms with Gasteiger partial charge in [0.25, 0.3) is 0 Å². The molecule has 4 heteroatoms. The van der Waals surface area contributed by atoms with Gasteiger partial charge in [0.1, 0.15) is 0 Å². The third-order valence-electron chi connectivity index (χ3n) is 2.88. The van der Waals surface area contributed by atoms with Crippen LogP contribution in [0, 0.1) is 5.92 Å². The number of aromatic nitrogens is 1. The smallest absolute Gasteiger partial charge is 0.233 e. The van der Waals surface area contributed by atoms with Crippen LogP contribution in [-0.2, 0) is 16.1 Å². The molecule has 1 saturated heterocycles. The Balaban J connectivity index is 1.98. The van der Waals surface area contributed by atoms with Crippen LogP contribution in [0.15, 0.2) is 24.4 Å². The summed E-state index contributed by atoms with van der Waals surface area (Å²) in [7, 11) is 0. The van der Waals surface area contributed by atoms with E-state index in [1.165, 1.54) is 4.90 Å².